The van der Waals surface area contributed by atoms with Crippen LogP contribution in [0, 0.1) is 11.7 Å². The van der Waals surface area contributed by atoms with Crippen LogP contribution in [0.25, 0.3) is 0 Å². The molecule has 0 bridgehead atoms. The monoisotopic (exact) mass is 585 g/mol. The van der Waals surface area contributed by atoms with E-state index in [0.29, 0.717) is 31.6 Å². The highest BCUT2D eigenvalue weighted by atomic mass is 19.4. The SMILES string of the molecule is CCCCCCCCCCCCCCCCCCCOC(=O)C1CCN(C(=O)c2cc(F)cc(C(F)(F)F)c2)CC1. The Morgan fingerprint density at radius 3 is 1.68 bits per heavy atom. The van der Waals surface area contributed by atoms with Crippen molar-refractivity contribution < 1.29 is 31.9 Å². The van der Waals surface area contributed by atoms with Crippen LogP contribution in [0.1, 0.15) is 145 Å². The van der Waals surface area contributed by atoms with Crippen molar-refractivity contribution in [1.29, 1.82) is 0 Å². The summed E-state index contributed by atoms with van der Waals surface area (Å²) in [6.45, 7) is 3.08. The summed E-state index contributed by atoms with van der Waals surface area (Å²) < 4.78 is 58.0. The molecule has 1 heterocycles. The molecule has 41 heavy (non-hydrogen) atoms. The quantitative estimate of drug-likeness (QED) is 0.0869. The maximum Gasteiger partial charge on any atom is 0.416 e. The molecule has 1 saturated heterocycles. The lowest BCUT2D eigenvalue weighted by Gasteiger charge is -2.31. The molecule has 1 aliphatic heterocycles. The average Bonchev–Trinajstić information content (AvgIpc) is 2.95. The van der Waals surface area contributed by atoms with Crippen LogP contribution in [0.5, 0.6) is 0 Å². The molecule has 1 aliphatic rings. The molecule has 0 saturated carbocycles. The van der Waals surface area contributed by atoms with Gasteiger partial charge in [-0.2, -0.15) is 13.2 Å². The molecule has 8 heteroatoms. The van der Waals surface area contributed by atoms with E-state index < -0.39 is 23.5 Å². The summed E-state index contributed by atoms with van der Waals surface area (Å²) in [6.07, 6.45) is 17.9. The van der Waals surface area contributed by atoms with Gasteiger partial charge in [0.05, 0.1) is 18.1 Å². The fraction of sp³-hybridized carbons (Fsp3) is 0.758. The Morgan fingerprint density at radius 1 is 0.756 bits per heavy atom. The molecule has 0 atom stereocenters. The van der Waals surface area contributed by atoms with Crippen molar-refractivity contribution in [2.75, 3.05) is 19.7 Å². The van der Waals surface area contributed by atoms with Crippen LogP contribution >= 0.6 is 0 Å². The van der Waals surface area contributed by atoms with Gasteiger partial charge in [0.1, 0.15) is 5.82 Å². The number of piperidine rings is 1. The highest BCUT2D eigenvalue weighted by Gasteiger charge is 2.33. The molecule has 2 rings (SSSR count). The van der Waals surface area contributed by atoms with Gasteiger partial charge < -0.3 is 9.64 Å². The first-order valence-electron chi connectivity index (χ1n) is 16.1. The molecule has 0 aromatic heterocycles. The van der Waals surface area contributed by atoms with E-state index in [-0.39, 0.29) is 30.5 Å². The normalized spacial score (nSPS) is 14.4. The van der Waals surface area contributed by atoms with Gasteiger partial charge in [-0.25, -0.2) is 4.39 Å². The van der Waals surface area contributed by atoms with Gasteiger partial charge in [-0.15, -0.1) is 0 Å². The summed E-state index contributed by atoms with van der Waals surface area (Å²) in [5.74, 6) is -2.38. The first kappa shape index (κ1) is 35.1. The summed E-state index contributed by atoms with van der Waals surface area (Å²) >= 11 is 0. The molecule has 0 N–H and O–H groups in total. The Bertz CT molecular complexity index is 882. The maximum atomic E-state index is 13.7. The van der Waals surface area contributed by atoms with Gasteiger partial charge in [0.15, 0.2) is 0 Å². The van der Waals surface area contributed by atoms with Gasteiger partial charge >= 0.3 is 12.1 Å². The predicted molar refractivity (Wildman–Crippen MR) is 155 cm³/mol. The number of hydrogen-bond donors (Lipinski definition) is 0. The predicted octanol–water partition coefficient (Wildman–Crippen LogP) is 9.89. The van der Waals surface area contributed by atoms with E-state index in [1.165, 1.54) is 94.8 Å². The van der Waals surface area contributed by atoms with Crippen LogP contribution < -0.4 is 0 Å². The molecule has 234 valence electrons. The van der Waals surface area contributed by atoms with E-state index in [0.717, 1.165) is 25.3 Å². The van der Waals surface area contributed by atoms with Crippen LogP contribution in [0.2, 0.25) is 0 Å². The first-order valence-corrected chi connectivity index (χ1v) is 16.1. The van der Waals surface area contributed by atoms with Crippen LogP contribution in [-0.2, 0) is 15.7 Å². The molecule has 1 amide bonds. The van der Waals surface area contributed by atoms with E-state index in [4.69, 9.17) is 4.74 Å². The first-order chi connectivity index (χ1) is 19.7. The number of nitrogens with zero attached hydrogens (tertiary/aromatic N) is 1. The second-order valence-corrected chi connectivity index (χ2v) is 11.6. The molecular weight excluding hydrogens is 534 g/mol. The minimum atomic E-state index is -4.74. The van der Waals surface area contributed by atoms with Gasteiger partial charge in [-0.3, -0.25) is 9.59 Å². The third-order valence-corrected chi connectivity index (χ3v) is 8.08. The fourth-order valence-electron chi connectivity index (χ4n) is 5.50. The standard InChI is InChI=1S/C33H51F4NO3/c1-2-3-4-5-6-7-8-9-10-11-12-13-14-15-16-17-18-23-41-32(40)27-19-21-38(22-20-27)31(39)28-24-29(33(35,36)37)26-30(34)25-28/h24-27H,2-23H2,1H3. The number of amides is 1. The van der Waals surface area contributed by atoms with E-state index in [1.807, 2.05) is 0 Å². The third kappa shape index (κ3) is 14.6. The highest BCUT2D eigenvalue weighted by molar-refractivity contribution is 5.94. The number of rotatable bonds is 20. The topological polar surface area (TPSA) is 46.6 Å². The van der Waals surface area contributed by atoms with Crippen molar-refractivity contribution in [2.45, 2.75) is 135 Å². The molecule has 0 aliphatic carbocycles. The Hall–Kier alpha value is -2.12. The van der Waals surface area contributed by atoms with E-state index >= 15 is 0 Å². The summed E-state index contributed by atoms with van der Waals surface area (Å²) in [5.41, 5.74) is -1.53. The van der Waals surface area contributed by atoms with Crippen molar-refractivity contribution in [3.05, 3.63) is 35.1 Å². The van der Waals surface area contributed by atoms with E-state index in [9.17, 15) is 27.2 Å². The van der Waals surface area contributed by atoms with E-state index in [2.05, 4.69) is 6.92 Å². The number of carbonyl (C=O) groups excluding carboxylic acids is 2. The van der Waals surface area contributed by atoms with Gasteiger partial charge in [0.25, 0.3) is 5.91 Å². The van der Waals surface area contributed by atoms with Gasteiger partial charge in [0, 0.05) is 18.7 Å². The number of ether oxygens (including phenoxy) is 1. The number of likely N-dealkylation sites (tertiary alicyclic amines) is 1. The lowest BCUT2D eigenvalue weighted by molar-refractivity contribution is -0.150. The van der Waals surface area contributed by atoms with Crippen molar-refractivity contribution in [3.8, 4) is 0 Å². The lowest BCUT2D eigenvalue weighted by Crippen LogP contribution is -2.40. The summed E-state index contributed by atoms with van der Waals surface area (Å²) in [6, 6.07) is 1.86. The molecule has 0 unspecified atom stereocenters. The number of benzene rings is 1. The Balaban J connectivity index is 1.45. The van der Waals surface area contributed by atoms with Gasteiger partial charge in [-0.05, 0) is 37.5 Å². The van der Waals surface area contributed by atoms with Crippen molar-refractivity contribution >= 4 is 11.9 Å². The van der Waals surface area contributed by atoms with Crippen molar-refractivity contribution in [1.82, 2.24) is 4.90 Å². The zero-order chi connectivity index (χ0) is 29.9. The molecule has 1 aromatic carbocycles. The maximum absolute atomic E-state index is 13.7. The zero-order valence-corrected chi connectivity index (χ0v) is 25.0. The van der Waals surface area contributed by atoms with Gasteiger partial charge in [-0.1, -0.05) is 110 Å². The zero-order valence-electron chi connectivity index (χ0n) is 25.0. The molecule has 1 fully saturated rings. The number of carbonyl (C=O) groups is 2. The number of unbranched alkanes of at least 4 members (excludes halogenated alkanes) is 16. The number of alkyl halides is 3. The molecule has 0 spiro atoms. The Labute approximate surface area is 244 Å². The fourth-order valence-corrected chi connectivity index (χ4v) is 5.50. The molecule has 1 aromatic rings. The van der Waals surface area contributed by atoms with Crippen molar-refractivity contribution in [3.63, 3.8) is 0 Å². The van der Waals surface area contributed by atoms with Crippen LogP contribution in [0.15, 0.2) is 18.2 Å². The largest absolute Gasteiger partial charge is 0.465 e. The minimum Gasteiger partial charge on any atom is -0.465 e. The van der Waals surface area contributed by atoms with Crippen molar-refractivity contribution in [2.24, 2.45) is 5.92 Å². The third-order valence-electron chi connectivity index (χ3n) is 8.08. The van der Waals surface area contributed by atoms with Crippen LogP contribution in [0.4, 0.5) is 17.6 Å². The molecule has 4 nitrogen and oxygen atoms in total. The second kappa shape index (κ2) is 19.9. The second-order valence-electron chi connectivity index (χ2n) is 11.6. The highest BCUT2D eigenvalue weighted by Crippen LogP contribution is 2.31. The van der Waals surface area contributed by atoms with E-state index in [1.54, 1.807) is 0 Å². The smallest absolute Gasteiger partial charge is 0.416 e. The summed E-state index contributed by atoms with van der Waals surface area (Å²) in [4.78, 5) is 26.4. The van der Waals surface area contributed by atoms with Crippen LogP contribution in [0.3, 0.4) is 0 Å². The summed E-state index contributed by atoms with van der Waals surface area (Å²) in [7, 11) is 0. The molecule has 0 radical (unpaired) electrons. The van der Waals surface area contributed by atoms with Crippen LogP contribution in [-0.4, -0.2) is 36.5 Å². The Kier molecular flexibility index (Phi) is 17.0. The minimum absolute atomic E-state index is 0.218. The van der Waals surface area contributed by atoms with Gasteiger partial charge in [0.2, 0.25) is 0 Å². The number of esters is 1. The molecular formula is C33H51F4NO3. The lowest BCUT2D eigenvalue weighted by atomic mass is 9.96. The number of hydrogen-bond acceptors (Lipinski definition) is 3. The number of halogens is 4. The Morgan fingerprint density at radius 2 is 1.22 bits per heavy atom. The summed E-state index contributed by atoms with van der Waals surface area (Å²) in [5, 5.41) is 0. The average molecular weight is 586 g/mol.